The van der Waals surface area contributed by atoms with Crippen molar-refractivity contribution in [2.24, 2.45) is 5.73 Å². The second-order valence-electron chi connectivity index (χ2n) is 3.65. The van der Waals surface area contributed by atoms with Crippen LogP contribution in [0.1, 0.15) is 11.1 Å². The van der Waals surface area contributed by atoms with Gasteiger partial charge in [0.2, 0.25) is 0 Å². The van der Waals surface area contributed by atoms with E-state index in [0.717, 1.165) is 21.3 Å². The molecule has 0 unspecified atom stereocenters. The highest BCUT2D eigenvalue weighted by Gasteiger charge is 1.98. The van der Waals surface area contributed by atoms with E-state index in [0.29, 0.717) is 13.2 Å². The lowest BCUT2D eigenvalue weighted by atomic mass is 10.1. The van der Waals surface area contributed by atoms with Crippen LogP contribution in [0.15, 0.2) is 47.2 Å². The summed E-state index contributed by atoms with van der Waals surface area (Å²) in [5.74, 6) is 0.748. The van der Waals surface area contributed by atoms with Crippen LogP contribution in [0.5, 0.6) is 5.75 Å². The van der Waals surface area contributed by atoms with E-state index in [9.17, 15) is 0 Å². The molecule has 1 aromatic carbocycles. The molecule has 2 rings (SSSR count). The van der Waals surface area contributed by atoms with Crippen LogP contribution in [0.3, 0.4) is 0 Å². The lowest BCUT2D eigenvalue weighted by Gasteiger charge is -2.07. The molecule has 0 aliphatic rings. The third kappa shape index (κ3) is 3.54. The molecule has 1 aromatic heterocycles. The Kier molecular flexibility index (Phi) is 4.12. The van der Waals surface area contributed by atoms with E-state index in [4.69, 9.17) is 10.5 Å². The molecule has 2 aromatic rings. The first-order chi connectivity index (χ1) is 8.28. The Morgan fingerprint density at radius 1 is 1.18 bits per heavy atom. The smallest absolute Gasteiger partial charge is 0.139 e. The number of rotatable bonds is 4. The molecule has 0 atom stereocenters. The van der Waals surface area contributed by atoms with Crippen LogP contribution in [0.25, 0.3) is 0 Å². The van der Waals surface area contributed by atoms with Gasteiger partial charge in [0, 0.05) is 17.2 Å². The number of pyridine rings is 1. The van der Waals surface area contributed by atoms with E-state index in [1.54, 1.807) is 12.4 Å². The normalized spacial score (nSPS) is 10.2. The summed E-state index contributed by atoms with van der Waals surface area (Å²) in [6.07, 6.45) is 3.42. The Labute approximate surface area is 109 Å². The van der Waals surface area contributed by atoms with Gasteiger partial charge in [0.1, 0.15) is 12.4 Å². The summed E-state index contributed by atoms with van der Waals surface area (Å²) in [6.45, 7) is 1.07. The van der Waals surface area contributed by atoms with Crippen molar-refractivity contribution in [3.05, 3.63) is 58.3 Å². The lowest BCUT2D eigenvalue weighted by Crippen LogP contribution is -2.00. The molecule has 4 heteroatoms. The van der Waals surface area contributed by atoms with Gasteiger partial charge < -0.3 is 10.5 Å². The molecular weight excluding hydrogens is 280 g/mol. The third-order valence-corrected chi connectivity index (χ3v) is 2.75. The molecule has 0 amide bonds. The number of benzene rings is 1. The van der Waals surface area contributed by atoms with Gasteiger partial charge in [0.15, 0.2) is 0 Å². The summed E-state index contributed by atoms with van der Waals surface area (Å²) in [6, 6.07) is 9.94. The largest absolute Gasteiger partial charge is 0.487 e. The molecule has 88 valence electrons. The molecule has 0 fully saturated rings. The van der Waals surface area contributed by atoms with E-state index >= 15 is 0 Å². The standard InChI is InChI=1S/C13H13BrN2O/c14-12-5-13(8-16-7-12)17-9-11-3-1-2-10(4-11)6-15/h1-5,7-8H,6,9,15H2. The fourth-order valence-electron chi connectivity index (χ4n) is 1.48. The summed E-state index contributed by atoms with van der Waals surface area (Å²) >= 11 is 3.35. The van der Waals surface area contributed by atoms with Crippen molar-refractivity contribution in [2.75, 3.05) is 0 Å². The van der Waals surface area contributed by atoms with Crippen molar-refractivity contribution in [1.29, 1.82) is 0 Å². The molecular formula is C13H13BrN2O. The van der Waals surface area contributed by atoms with Crippen molar-refractivity contribution >= 4 is 15.9 Å². The van der Waals surface area contributed by atoms with Crippen LogP contribution >= 0.6 is 15.9 Å². The monoisotopic (exact) mass is 292 g/mol. The van der Waals surface area contributed by atoms with Gasteiger partial charge in [-0.2, -0.15) is 0 Å². The summed E-state index contributed by atoms with van der Waals surface area (Å²) in [7, 11) is 0. The Morgan fingerprint density at radius 2 is 2.00 bits per heavy atom. The molecule has 2 N–H and O–H groups in total. The fourth-order valence-corrected chi connectivity index (χ4v) is 1.83. The molecule has 0 aliphatic carbocycles. The van der Waals surface area contributed by atoms with Crippen molar-refractivity contribution in [2.45, 2.75) is 13.2 Å². The average molecular weight is 293 g/mol. The van der Waals surface area contributed by atoms with Crippen LogP contribution in [0.2, 0.25) is 0 Å². The van der Waals surface area contributed by atoms with E-state index in [1.807, 2.05) is 30.3 Å². The lowest BCUT2D eigenvalue weighted by molar-refractivity contribution is 0.304. The van der Waals surface area contributed by atoms with Gasteiger partial charge in [-0.1, -0.05) is 24.3 Å². The molecule has 0 bridgehead atoms. The van der Waals surface area contributed by atoms with Crippen molar-refractivity contribution in [3.63, 3.8) is 0 Å². The van der Waals surface area contributed by atoms with Crippen molar-refractivity contribution in [3.8, 4) is 5.75 Å². The maximum absolute atomic E-state index is 5.64. The van der Waals surface area contributed by atoms with Crippen molar-refractivity contribution in [1.82, 2.24) is 4.98 Å². The molecule has 3 nitrogen and oxygen atoms in total. The number of ether oxygens (including phenoxy) is 1. The fraction of sp³-hybridized carbons (Fsp3) is 0.154. The SMILES string of the molecule is NCc1cccc(COc2cncc(Br)c2)c1. The molecule has 0 saturated heterocycles. The van der Waals surface area contributed by atoms with E-state index in [2.05, 4.69) is 20.9 Å². The first-order valence-electron chi connectivity index (χ1n) is 5.29. The minimum absolute atomic E-state index is 0.520. The Bertz CT molecular complexity index is 502. The summed E-state index contributed by atoms with van der Waals surface area (Å²) in [4.78, 5) is 4.04. The van der Waals surface area contributed by atoms with Crippen LogP contribution in [0, 0.1) is 0 Å². The second-order valence-corrected chi connectivity index (χ2v) is 4.57. The Hall–Kier alpha value is -1.39. The van der Waals surface area contributed by atoms with E-state index in [-0.39, 0.29) is 0 Å². The molecule has 1 heterocycles. The first-order valence-corrected chi connectivity index (χ1v) is 6.08. The van der Waals surface area contributed by atoms with Gasteiger partial charge in [0.05, 0.1) is 6.20 Å². The van der Waals surface area contributed by atoms with Gasteiger partial charge in [0.25, 0.3) is 0 Å². The summed E-state index contributed by atoms with van der Waals surface area (Å²) in [5.41, 5.74) is 7.80. The minimum Gasteiger partial charge on any atom is -0.487 e. The highest BCUT2D eigenvalue weighted by Crippen LogP contribution is 2.17. The highest BCUT2D eigenvalue weighted by molar-refractivity contribution is 9.10. The van der Waals surface area contributed by atoms with Crippen LogP contribution < -0.4 is 10.5 Å². The van der Waals surface area contributed by atoms with Gasteiger partial charge >= 0.3 is 0 Å². The number of halogens is 1. The van der Waals surface area contributed by atoms with Crippen LogP contribution in [0.4, 0.5) is 0 Å². The maximum Gasteiger partial charge on any atom is 0.139 e. The number of hydrogen-bond donors (Lipinski definition) is 1. The number of aromatic nitrogens is 1. The zero-order valence-electron chi connectivity index (χ0n) is 9.27. The van der Waals surface area contributed by atoms with Gasteiger partial charge in [-0.3, -0.25) is 4.98 Å². The van der Waals surface area contributed by atoms with Gasteiger partial charge in [-0.05, 0) is 33.1 Å². The second kappa shape index (κ2) is 5.80. The zero-order valence-corrected chi connectivity index (χ0v) is 10.9. The topological polar surface area (TPSA) is 48.1 Å². The third-order valence-electron chi connectivity index (χ3n) is 2.31. The molecule has 0 saturated carbocycles. The molecule has 0 aliphatic heterocycles. The van der Waals surface area contributed by atoms with E-state index < -0.39 is 0 Å². The quantitative estimate of drug-likeness (QED) is 0.943. The number of hydrogen-bond acceptors (Lipinski definition) is 3. The molecule has 17 heavy (non-hydrogen) atoms. The highest BCUT2D eigenvalue weighted by atomic mass is 79.9. The van der Waals surface area contributed by atoms with Crippen molar-refractivity contribution < 1.29 is 4.74 Å². The minimum atomic E-state index is 0.520. The maximum atomic E-state index is 5.64. The Balaban J connectivity index is 2.02. The number of nitrogens with zero attached hydrogens (tertiary/aromatic N) is 1. The first kappa shape index (κ1) is 12.1. The predicted molar refractivity (Wildman–Crippen MR) is 70.6 cm³/mol. The summed E-state index contributed by atoms with van der Waals surface area (Å²) < 4.78 is 6.55. The molecule has 0 spiro atoms. The van der Waals surface area contributed by atoms with Crippen LogP contribution in [-0.4, -0.2) is 4.98 Å². The Morgan fingerprint density at radius 3 is 2.76 bits per heavy atom. The average Bonchev–Trinajstić information content (AvgIpc) is 2.37. The zero-order chi connectivity index (χ0) is 12.1. The van der Waals surface area contributed by atoms with Crippen LogP contribution in [-0.2, 0) is 13.2 Å². The predicted octanol–water partition coefficient (Wildman–Crippen LogP) is 2.88. The summed E-state index contributed by atoms with van der Waals surface area (Å²) in [5, 5.41) is 0. The van der Waals surface area contributed by atoms with Gasteiger partial charge in [-0.15, -0.1) is 0 Å². The van der Waals surface area contributed by atoms with Gasteiger partial charge in [-0.25, -0.2) is 0 Å². The molecule has 0 radical (unpaired) electrons. The van der Waals surface area contributed by atoms with E-state index in [1.165, 1.54) is 0 Å². The number of nitrogens with two attached hydrogens (primary N) is 1.